The van der Waals surface area contributed by atoms with Crippen LogP contribution >= 0.6 is 50.1 Å². The zero-order valence-corrected chi connectivity index (χ0v) is 11.2. The lowest BCUT2D eigenvalue weighted by Gasteiger charge is -1.96. The van der Waals surface area contributed by atoms with Gasteiger partial charge in [0.05, 0.1) is 42.3 Å². The molecule has 0 spiro atoms. The maximum Gasteiger partial charge on any atom is 0.268 e. The monoisotopic (exact) mass is 383 g/mol. The molecule has 0 aliphatic carbocycles. The number of halogens is 2. The highest BCUT2D eigenvalue weighted by molar-refractivity contribution is 14.1. The first-order valence-corrected chi connectivity index (χ1v) is 6.17. The van der Waals surface area contributed by atoms with Crippen molar-refractivity contribution in [2.45, 2.75) is 0 Å². The first-order chi connectivity index (χ1) is 6.63. The molecule has 0 aromatic carbocycles. The van der Waals surface area contributed by atoms with Crippen molar-refractivity contribution in [2.75, 3.05) is 0 Å². The van der Waals surface area contributed by atoms with Crippen LogP contribution in [0.1, 0.15) is 9.67 Å². The molecular weight excluding hydrogens is 381 g/mol. The van der Waals surface area contributed by atoms with E-state index in [1.165, 1.54) is 14.1 Å². The first-order valence-electron chi connectivity index (χ1n) is 3.59. The zero-order chi connectivity index (χ0) is 10.3. The summed E-state index contributed by atoms with van der Waals surface area (Å²) in [6, 6.07) is 1.62. The lowest BCUT2D eigenvalue weighted by Crippen LogP contribution is -2.10. The van der Waals surface area contributed by atoms with E-state index in [0.29, 0.717) is 10.3 Å². The molecule has 6 heteroatoms. The molecule has 0 saturated heterocycles. The van der Waals surface area contributed by atoms with Crippen LogP contribution in [0.5, 0.6) is 0 Å². The van der Waals surface area contributed by atoms with Gasteiger partial charge in [0, 0.05) is 6.20 Å². The fourth-order valence-corrected chi connectivity index (χ4v) is 3.59. The Labute approximate surface area is 105 Å². The fourth-order valence-electron chi connectivity index (χ4n) is 1.14. The summed E-state index contributed by atoms with van der Waals surface area (Å²) in [6.45, 7) is 0. The van der Waals surface area contributed by atoms with Crippen molar-refractivity contribution in [1.29, 1.82) is 0 Å². The van der Waals surface area contributed by atoms with Crippen LogP contribution in [0.25, 0.3) is 10.1 Å². The Kier molecular flexibility index (Phi) is 2.76. The van der Waals surface area contributed by atoms with E-state index in [1.807, 2.05) is 22.9 Å². The number of hydrogen-bond acceptors (Lipinski definition) is 3. The van der Waals surface area contributed by atoms with Crippen molar-refractivity contribution >= 4 is 66.5 Å². The summed E-state index contributed by atoms with van der Waals surface area (Å²) in [4.78, 5) is 22.8. The highest BCUT2D eigenvalue weighted by atomic mass is 127. The first kappa shape index (κ1) is 10.3. The standard InChI is InChI=1S/C8H3BrINO2S/c9-6-2-11(10)8(13)5-1-4(3-12)14-7(5)6/h1-3H. The van der Waals surface area contributed by atoms with Crippen LogP contribution in [-0.2, 0) is 0 Å². The number of fused-ring (bicyclic) bond motifs is 1. The second-order valence-corrected chi connectivity index (χ2v) is 5.58. The number of hydrogen-bond donors (Lipinski definition) is 0. The van der Waals surface area contributed by atoms with Crippen molar-refractivity contribution in [1.82, 2.24) is 2.78 Å². The molecule has 0 amide bonds. The van der Waals surface area contributed by atoms with Crippen molar-refractivity contribution in [2.24, 2.45) is 0 Å². The molecule has 0 N–H and O–H groups in total. The molecule has 0 fully saturated rings. The van der Waals surface area contributed by atoms with Crippen LogP contribution in [0.15, 0.2) is 21.5 Å². The van der Waals surface area contributed by atoms with Crippen LogP contribution in [0.3, 0.4) is 0 Å². The van der Waals surface area contributed by atoms with E-state index >= 15 is 0 Å². The molecule has 0 saturated carbocycles. The number of rotatable bonds is 1. The van der Waals surface area contributed by atoms with Crippen LogP contribution in [0.2, 0.25) is 0 Å². The topological polar surface area (TPSA) is 39.1 Å². The van der Waals surface area contributed by atoms with Gasteiger partial charge in [0.15, 0.2) is 6.29 Å². The van der Waals surface area contributed by atoms with Gasteiger partial charge in [-0.1, -0.05) is 0 Å². The fraction of sp³-hybridized carbons (Fsp3) is 0. The predicted molar refractivity (Wildman–Crippen MR) is 68.6 cm³/mol. The average molecular weight is 384 g/mol. The Morgan fingerprint density at radius 2 is 2.29 bits per heavy atom. The van der Waals surface area contributed by atoms with Gasteiger partial charge in [-0.15, -0.1) is 11.3 Å². The maximum atomic E-state index is 11.6. The van der Waals surface area contributed by atoms with Gasteiger partial charge in [-0.2, -0.15) is 0 Å². The van der Waals surface area contributed by atoms with Crippen molar-refractivity contribution < 1.29 is 4.79 Å². The van der Waals surface area contributed by atoms with Gasteiger partial charge >= 0.3 is 0 Å². The lowest BCUT2D eigenvalue weighted by molar-refractivity contribution is 0.112. The number of carbonyl (C=O) groups excluding carboxylic acids is 1. The van der Waals surface area contributed by atoms with Crippen LogP contribution < -0.4 is 5.56 Å². The third-order valence-corrected chi connectivity index (χ3v) is 4.41. The number of carbonyl (C=O) groups is 1. The molecule has 0 bridgehead atoms. The Morgan fingerprint density at radius 1 is 1.57 bits per heavy atom. The van der Waals surface area contributed by atoms with E-state index in [-0.39, 0.29) is 5.56 Å². The summed E-state index contributed by atoms with van der Waals surface area (Å²) < 4.78 is 3.12. The number of aromatic nitrogens is 1. The summed E-state index contributed by atoms with van der Waals surface area (Å²) >= 11 is 6.58. The van der Waals surface area contributed by atoms with Gasteiger partial charge < -0.3 is 0 Å². The molecule has 0 aliphatic heterocycles. The van der Waals surface area contributed by atoms with Crippen molar-refractivity contribution in [3.8, 4) is 0 Å². The second kappa shape index (κ2) is 3.74. The van der Waals surface area contributed by atoms with Crippen LogP contribution in [0, 0.1) is 0 Å². The third-order valence-electron chi connectivity index (χ3n) is 1.74. The molecule has 2 heterocycles. The van der Waals surface area contributed by atoms with E-state index < -0.39 is 0 Å². The number of pyridine rings is 1. The normalized spacial score (nSPS) is 10.7. The second-order valence-electron chi connectivity index (χ2n) is 2.60. The van der Waals surface area contributed by atoms with Crippen LogP contribution in [0.4, 0.5) is 0 Å². The van der Waals surface area contributed by atoms with E-state index in [1.54, 1.807) is 12.3 Å². The molecule has 14 heavy (non-hydrogen) atoms. The Bertz CT molecular complexity index is 574. The minimum absolute atomic E-state index is 0.0897. The number of thiophene rings is 1. The van der Waals surface area contributed by atoms with Gasteiger partial charge in [-0.3, -0.25) is 12.4 Å². The minimum Gasteiger partial charge on any atom is -0.297 e. The van der Waals surface area contributed by atoms with Crippen molar-refractivity contribution in [3.63, 3.8) is 0 Å². The largest absolute Gasteiger partial charge is 0.297 e. The summed E-state index contributed by atoms with van der Waals surface area (Å²) in [5.41, 5.74) is -0.0897. The summed E-state index contributed by atoms with van der Waals surface area (Å²) in [7, 11) is 0. The van der Waals surface area contributed by atoms with Crippen molar-refractivity contribution in [3.05, 3.63) is 32.0 Å². The molecule has 2 rings (SSSR count). The summed E-state index contributed by atoms with van der Waals surface area (Å²) in [6.07, 6.45) is 2.45. The van der Waals surface area contributed by atoms with Gasteiger partial charge in [0.2, 0.25) is 0 Å². The Hall–Kier alpha value is -0.210. The molecule has 0 unspecified atom stereocenters. The molecule has 2 aromatic heterocycles. The van der Waals surface area contributed by atoms with Gasteiger partial charge in [-0.25, -0.2) is 0 Å². The molecule has 2 aromatic rings. The SMILES string of the molecule is O=Cc1cc2c(=O)n(I)cc(Br)c2s1. The quantitative estimate of drug-likeness (QED) is 0.561. The minimum atomic E-state index is -0.0897. The summed E-state index contributed by atoms with van der Waals surface area (Å²) in [5, 5.41) is 0.584. The molecule has 0 aliphatic rings. The van der Waals surface area contributed by atoms with Gasteiger partial charge in [-0.05, 0) is 22.0 Å². The molecule has 0 atom stereocenters. The predicted octanol–water partition coefficient (Wildman–Crippen LogP) is 2.84. The Balaban J connectivity index is 2.98. The smallest absolute Gasteiger partial charge is 0.268 e. The highest BCUT2D eigenvalue weighted by Crippen LogP contribution is 2.29. The molecule has 0 radical (unpaired) electrons. The van der Waals surface area contributed by atoms with E-state index in [9.17, 15) is 9.59 Å². The maximum absolute atomic E-state index is 11.6. The van der Waals surface area contributed by atoms with E-state index in [4.69, 9.17) is 0 Å². The number of aldehydes is 1. The zero-order valence-electron chi connectivity index (χ0n) is 6.66. The lowest BCUT2D eigenvalue weighted by atomic mass is 10.3. The average Bonchev–Trinajstić information content (AvgIpc) is 2.58. The highest BCUT2D eigenvalue weighted by Gasteiger charge is 2.09. The summed E-state index contributed by atoms with van der Waals surface area (Å²) in [5.74, 6) is 0. The molecule has 72 valence electrons. The molecule has 3 nitrogen and oxygen atoms in total. The van der Waals surface area contributed by atoms with Crippen LogP contribution in [-0.4, -0.2) is 9.07 Å². The van der Waals surface area contributed by atoms with Gasteiger partial charge in [0.1, 0.15) is 0 Å². The van der Waals surface area contributed by atoms with E-state index in [0.717, 1.165) is 15.5 Å². The van der Waals surface area contributed by atoms with E-state index in [2.05, 4.69) is 15.9 Å². The Morgan fingerprint density at radius 3 is 2.93 bits per heavy atom. The van der Waals surface area contributed by atoms with Gasteiger partial charge in [0.25, 0.3) is 5.56 Å². The molecular formula is C8H3BrINO2S. The third kappa shape index (κ3) is 1.55. The number of nitrogens with zero attached hydrogens (tertiary/aromatic N) is 1.